The normalized spacial score (nSPS) is 26.9. The molecule has 2 unspecified atom stereocenters. The molecule has 1 aromatic rings. The van der Waals surface area contributed by atoms with Gasteiger partial charge in [-0.15, -0.1) is 0 Å². The van der Waals surface area contributed by atoms with Gasteiger partial charge in [-0.3, -0.25) is 0 Å². The molecule has 0 spiro atoms. The van der Waals surface area contributed by atoms with Gasteiger partial charge in [0.25, 0.3) is 0 Å². The monoisotopic (exact) mass is 295 g/mol. The van der Waals surface area contributed by atoms with Crippen molar-refractivity contribution >= 4 is 17.4 Å². The van der Waals surface area contributed by atoms with Crippen molar-refractivity contribution in [3.63, 3.8) is 0 Å². The highest BCUT2D eigenvalue weighted by Crippen LogP contribution is 2.40. The van der Waals surface area contributed by atoms with Crippen molar-refractivity contribution in [2.24, 2.45) is 0 Å². The Morgan fingerprint density at radius 1 is 1.35 bits per heavy atom. The fourth-order valence-electron chi connectivity index (χ4n) is 2.74. The Kier molecular flexibility index (Phi) is 3.87. The maximum Gasteiger partial charge on any atom is 0.137 e. The first-order chi connectivity index (χ1) is 9.60. The first-order valence-electron chi connectivity index (χ1n) is 7.52. The first-order valence-corrected chi connectivity index (χ1v) is 7.90. The van der Waals surface area contributed by atoms with Gasteiger partial charge in [0.2, 0.25) is 0 Å². The van der Waals surface area contributed by atoms with Gasteiger partial charge in [0.1, 0.15) is 16.8 Å². The van der Waals surface area contributed by atoms with Gasteiger partial charge in [-0.05, 0) is 33.1 Å². The van der Waals surface area contributed by atoms with Crippen LogP contribution < -0.4 is 4.90 Å². The van der Waals surface area contributed by atoms with E-state index in [0.29, 0.717) is 17.1 Å². The molecule has 1 aliphatic heterocycles. The zero-order valence-electron chi connectivity index (χ0n) is 12.4. The number of hydrogen-bond donors (Lipinski definition) is 0. The maximum absolute atomic E-state index is 6.33. The molecule has 0 bridgehead atoms. The molecule has 2 fully saturated rings. The van der Waals surface area contributed by atoms with E-state index in [1.807, 2.05) is 6.92 Å². The largest absolute Gasteiger partial charge is 0.375 e. The highest BCUT2D eigenvalue weighted by Gasteiger charge is 2.32. The zero-order chi connectivity index (χ0) is 14.3. The lowest BCUT2D eigenvalue weighted by atomic mass is 10.1. The molecule has 2 atom stereocenters. The number of anilines is 1. The minimum Gasteiger partial charge on any atom is -0.375 e. The average Bonchev–Trinajstić information content (AvgIpc) is 3.26. The van der Waals surface area contributed by atoms with E-state index in [2.05, 4.69) is 23.7 Å². The first kappa shape index (κ1) is 14.1. The average molecular weight is 296 g/mol. The summed E-state index contributed by atoms with van der Waals surface area (Å²) in [4.78, 5) is 11.6. The van der Waals surface area contributed by atoms with Gasteiger partial charge < -0.3 is 9.64 Å². The van der Waals surface area contributed by atoms with Crippen molar-refractivity contribution in [1.82, 2.24) is 9.97 Å². The van der Waals surface area contributed by atoms with Crippen molar-refractivity contribution in [3.05, 3.63) is 16.5 Å². The van der Waals surface area contributed by atoms with Crippen LogP contribution in [0.5, 0.6) is 0 Å². The van der Waals surface area contributed by atoms with Crippen LogP contribution in [-0.4, -0.2) is 35.3 Å². The molecule has 0 amide bonds. The highest BCUT2D eigenvalue weighted by atomic mass is 35.5. The van der Waals surface area contributed by atoms with E-state index in [-0.39, 0.29) is 6.10 Å². The van der Waals surface area contributed by atoms with Crippen molar-refractivity contribution < 1.29 is 4.74 Å². The van der Waals surface area contributed by atoms with Crippen LogP contribution in [0.15, 0.2) is 0 Å². The highest BCUT2D eigenvalue weighted by molar-refractivity contribution is 6.30. The second kappa shape index (κ2) is 5.49. The SMILES string of the molecule is CCC1COC(C)CN1c1nc(C2CC2)nc(Cl)c1C. The molecule has 20 heavy (non-hydrogen) atoms. The summed E-state index contributed by atoms with van der Waals surface area (Å²) < 4.78 is 5.78. The molecule has 1 aromatic heterocycles. The predicted octanol–water partition coefficient (Wildman–Crippen LogP) is 3.32. The second-order valence-electron chi connectivity index (χ2n) is 5.95. The third-order valence-electron chi connectivity index (χ3n) is 4.23. The fourth-order valence-corrected chi connectivity index (χ4v) is 2.91. The summed E-state index contributed by atoms with van der Waals surface area (Å²) in [6, 6.07) is 0.378. The molecular weight excluding hydrogens is 274 g/mol. The van der Waals surface area contributed by atoms with Crippen molar-refractivity contribution in [2.45, 2.75) is 58.1 Å². The van der Waals surface area contributed by atoms with Crippen LogP contribution >= 0.6 is 11.6 Å². The van der Waals surface area contributed by atoms with Gasteiger partial charge in [0.15, 0.2) is 0 Å². The molecule has 1 saturated heterocycles. The molecule has 1 saturated carbocycles. The summed E-state index contributed by atoms with van der Waals surface area (Å²) in [5.74, 6) is 2.45. The summed E-state index contributed by atoms with van der Waals surface area (Å²) >= 11 is 6.33. The minimum atomic E-state index is 0.232. The Balaban J connectivity index is 1.97. The number of morpholine rings is 1. The lowest BCUT2D eigenvalue weighted by Gasteiger charge is -2.40. The Hall–Kier alpha value is -0.870. The number of halogens is 1. The van der Waals surface area contributed by atoms with Crippen LogP contribution in [0.25, 0.3) is 0 Å². The van der Waals surface area contributed by atoms with Crippen molar-refractivity contribution in [2.75, 3.05) is 18.1 Å². The van der Waals surface area contributed by atoms with Crippen molar-refractivity contribution in [3.8, 4) is 0 Å². The Morgan fingerprint density at radius 2 is 2.10 bits per heavy atom. The van der Waals surface area contributed by atoms with Gasteiger partial charge in [0.05, 0.1) is 18.8 Å². The number of aromatic nitrogens is 2. The topological polar surface area (TPSA) is 38.2 Å². The van der Waals surface area contributed by atoms with E-state index in [9.17, 15) is 0 Å². The summed E-state index contributed by atoms with van der Waals surface area (Å²) in [6.45, 7) is 7.95. The van der Waals surface area contributed by atoms with E-state index < -0.39 is 0 Å². The molecule has 0 radical (unpaired) electrons. The maximum atomic E-state index is 6.33. The van der Waals surface area contributed by atoms with Crippen LogP contribution in [0.1, 0.15) is 50.4 Å². The van der Waals surface area contributed by atoms with Crippen LogP contribution in [0, 0.1) is 6.92 Å². The van der Waals surface area contributed by atoms with E-state index >= 15 is 0 Å². The summed E-state index contributed by atoms with van der Waals surface area (Å²) in [7, 11) is 0. The predicted molar refractivity (Wildman–Crippen MR) is 80.6 cm³/mol. The molecule has 3 rings (SSSR count). The van der Waals surface area contributed by atoms with Crippen LogP contribution in [0.2, 0.25) is 5.15 Å². The number of nitrogens with zero attached hydrogens (tertiary/aromatic N) is 3. The van der Waals surface area contributed by atoms with Gasteiger partial charge in [-0.1, -0.05) is 18.5 Å². The van der Waals surface area contributed by atoms with Gasteiger partial charge in [-0.25, -0.2) is 9.97 Å². The number of hydrogen-bond acceptors (Lipinski definition) is 4. The summed E-state index contributed by atoms with van der Waals surface area (Å²) in [6.07, 6.45) is 3.66. The number of ether oxygens (including phenoxy) is 1. The molecule has 2 heterocycles. The molecule has 0 aromatic carbocycles. The van der Waals surface area contributed by atoms with Crippen LogP contribution in [0.4, 0.5) is 5.82 Å². The van der Waals surface area contributed by atoms with Gasteiger partial charge in [-0.2, -0.15) is 0 Å². The molecule has 1 aliphatic carbocycles. The summed E-state index contributed by atoms with van der Waals surface area (Å²) in [5, 5.41) is 0.603. The summed E-state index contributed by atoms with van der Waals surface area (Å²) in [5.41, 5.74) is 0.989. The van der Waals surface area contributed by atoms with Crippen molar-refractivity contribution in [1.29, 1.82) is 0 Å². The van der Waals surface area contributed by atoms with Crippen LogP contribution in [-0.2, 0) is 4.74 Å². The Morgan fingerprint density at radius 3 is 2.75 bits per heavy atom. The van der Waals surface area contributed by atoms with Crippen LogP contribution in [0.3, 0.4) is 0 Å². The third kappa shape index (κ3) is 2.63. The standard InChI is InChI=1S/C15H22ClN3O/c1-4-12-8-20-9(2)7-19(12)15-10(3)13(16)17-14(18-15)11-5-6-11/h9,11-12H,4-8H2,1-3H3. The molecular formula is C15H22ClN3O. The lowest BCUT2D eigenvalue weighted by Crippen LogP contribution is -2.49. The van der Waals surface area contributed by atoms with Gasteiger partial charge >= 0.3 is 0 Å². The molecule has 4 nitrogen and oxygen atoms in total. The third-order valence-corrected chi connectivity index (χ3v) is 4.60. The van der Waals surface area contributed by atoms with E-state index in [1.54, 1.807) is 0 Å². The number of rotatable bonds is 3. The molecule has 0 N–H and O–H groups in total. The molecule has 110 valence electrons. The molecule has 5 heteroatoms. The van der Waals surface area contributed by atoms with Gasteiger partial charge in [0, 0.05) is 18.0 Å². The second-order valence-corrected chi connectivity index (χ2v) is 6.31. The minimum absolute atomic E-state index is 0.232. The lowest BCUT2D eigenvalue weighted by molar-refractivity contribution is 0.0295. The smallest absolute Gasteiger partial charge is 0.137 e. The quantitative estimate of drug-likeness (QED) is 0.802. The zero-order valence-corrected chi connectivity index (χ0v) is 13.2. The Labute approximate surface area is 125 Å². The fraction of sp³-hybridized carbons (Fsp3) is 0.733. The molecule has 2 aliphatic rings. The van der Waals surface area contributed by atoms with E-state index in [4.69, 9.17) is 21.3 Å². The van der Waals surface area contributed by atoms with E-state index in [0.717, 1.165) is 36.8 Å². The Bertz CT molecular complexity index is 504. The van der Waals surface area contributed by atoms with E-state index in [1.165, 1.54) is 12.8 Å².